The highest BCUT2D eigenvalue weighted by atomic mass is 16.3. The van der Waals surface area contributed by atoms with Gasteiger partial charge in [0.25, 0.3) is 0 Å². The van der Waals surface area contributed by atoms with E-state index in [1.165, 1.54) is 16.7 Å². The molecule has 2 heterocycles. The maximum Gasteiger partial charge on any atom is 0.223 e. The molecule has 0 saturated carbocycles. The Morgan fingerprint density at radius 2 is 1.58 bits per heavy atom. The molecule has 0 bridgehead atoms. The van der Waals surface area contributed by atoms with Crippen molar-refractivity contribution in [1.82, 2.24) is 9.47 Å². The van der Waals surface area contributed by atoms with Crippen molar-refractivity contribution in [1.29, 1.82) is 0 Å². The monoisotopic (exact) mass is 346 g/mol. The molecule has 1 aliphatic rings. The molecule has 0 aliphatic carbocycles. The number of hydrogen-bond acceptors (Lipinski definition) is 3. The van der Waals surface area contributed by atoms with Crippen molar-refractivity contribution < 1.29 is 5.11 Å². The summed E-state index contributed by atoms with van der Waals surface area (Å²) in [6.45, 7) is 3.28. The Labute approximate surface area is 153 Å². The smallest absolute Gasteiger partial charge is 0.223 e. The lowest BCUT2D eigenvalue weighted by atomic mass is 10.0. The molecule has 0 saturated heterocycles. The molecule has 1 N–H and O–H groups in total. The largest absolute Gasteiger partial charge is 0.503 e. The highest BCUT2D eigenvalue weighted by molar-refractivity contribution is 5.29. The predicted octanol–water partition coefficient (Wildman–Crippen LogP) is 3.16. The molecule has 0 amide bonds. The fourth-order valence-corrected chi connectivity index (χ4v) is 3.49. The maximum atomic E-state index is 11.7. The summed E-state index contributed by atoms with van der Waals surface area (Å²) in [6.07, 6.45) is 2.50. The van der Waals surface area contributed by atoms with Crippen molar-refractivity contribution in [3.8, 4) is 5.75 Å². The van der Waals surface area contributed by atoms with Crippen LogP contribution in [0.1, 0.15) is 22.4 Å². The Morgan fingerprint density at radius 3 is 2.35 bits per heavy atom. The van der Waals surface area contributed by atoms with E-state index in [0.717, 1.165) is 38.3 Å². The predicted molar refractivity (Wildman–Crippen MR) is 102 cm³/mol. The van der Waals surface area contributed by atoms with E-state index >= 15 is 0 Å². The van der Waals surface area contributed by atoms with Gasteiger partial charge in [-0.25, -0.2) is 0 Å². The van der Waals surface area contributed by atoms with Crippen LogP contribution in [-0.2, 0) is 26.1 Å². The molecule has 26 heavy (non-hydrogen) atoms. The zero-order chi connectivity index (χ0) is 17.9. The number of fused-ring (bicyclic) bond motifs is 1. The van der Waals surface area contributed by atoms with Crippen LogP contribution in [0.25, 0.3) is 0 Å². The molecule has 1 aromatic heterocycles. The fourth-order valence-electron chi connectivity index (χ4n) is 3.49. The van der Waals surface area contributed by atoms with Crippen LogP contribution in [0.3, 0.4) is 0 Å². The minimum atomic E-state index is -0.302. The van der Waals surface area contributed by atoms with Gasteiger partial charge in [-0.15, -0.1) is 0 Å². The first-order valence-electron chi connectivity index (χ1n) is 8.94. The minimum Gasteiger partial charge on any atom is -0.503 e. The lowest BCUT2D eigenvalue weighted by Gasteiger charge is -2.30. The van der Waals surface area contributed by atoms with Crippen molar-refractivity contribution in [2.24, 2.45) is 0 Å². The summed E-state index contributed by atoms with van der Waals surface area (Å²) in [7, 11) is 0. The van der Waals surface area contributed by atoms with Gasteiger partial charge in [0.2, 0.25) is 5.43 Å². The summed E-state index contributed by atoms with van der Waals surface area (Å²) < 4.78 is 1.97. The molecule has 3 aromatic rings. The molecule has 4 heteroatoms. The number of pyridine rings is 1. The Hall–Kier alpha value is -2.85. The van der Waals surface area contributed by atoms with Gasteiger partial charge in [0.1, 0.15) is 0 Å². The highest BCUT2D eigenvalue weighted by Gasteiger charge is 2.17. The van der Waals surface area contributed by atoms with Crippen LogP contribution >= 0.6 is 0 Å². The second-order valence-electron chi connectivity index (χ2n) is 6.90. The zero-order valence-electron chi connectivity index (χ0n) is 14.6. The second kappa shape index (κ2) is 7.18. The lowest BCUT2D eigenvalue weighted by Crippen LogP contribution is -2.34. The third-order valence-electron chi connectivity index (χ3n) is 4.92. The number of nitrogens with zero attached hydrogens (tertiary/aromatic N) is 2. The standard InChI is InChI=1S/C22H22N2O2/c25-21-13-20-15-23(10-11-24(20)16-22(21)26)14-19-8-6-18(7-9-19)12-17-4-2-1-3-5-17/h1-9,13,16,26H,10-12,14-15H2. The molecule has 2 aromatic carbocycles. The Balaban J connectivity index is 1.41. The van der Waals surface area contributed by atoms with Crippen LogP contribution in [0.5, 0.6) is 5.75 Å². The van der Waals surface area contributed by atoms with E-state index < -0.39 is 0 Å². The normalized spacial score (nSPS) is 14.2. The average Bonchev–Trinajstić information content (AvgIpc) is 2.65. The molecule has 4 rings (SSSR count). The summed E-state index contributed by atoms with van der Waals surface area (Å²) in [4.78, 5) is 14.0. The van der Waals surface area contributed by atoms with E-state index in [1.807, 2.05) is 10.6 Å². The molecular formula is C22H22N2O2. The molecule has 1 aliphatic heterocycles. The van der Waals surface area contributed by atoms with E-state index in [1.54, 1.807) is 12.3 Å². The average molecular weight is 346 g/mol. The van der Waals surface area contributed by atoms with Gasteiger partial charge in [0.15, 0.2) is 5.75 Å². The SMILES string of the molecule is O=c1cc2n(cc1O)CCN(Cc1ccc(Cc3ccccc3)cc1)C2. The summed E-state index contributed by atoms with van der Waals surface area (Å²) in [5.41, 5.74) is 4.56. The van der Waals surface area contributed by atoms with Gasteiger partial charge in [0, 0.05) is 37.9 Å². The summed E-state index contributed by atoms with van der Waals surface area (Å²) in [5, 5.41) is 9.56. The maximum absolute atomic E-state index is 11.7. The molecule has 0 radical (unpaired) electrons. The quantitative estimate of drug-likeness (QED) is 0.789. The Bertz CT molecular complexity index is 946. The Kier molecular flexibility index (Phi) is 4.59. The molecule has 0 unspecified atom stereocenters. The number of hydrogen-bond donors (Lipinski definition) is 1. The van der Waals surface area contributed by atoms with Gasteiger partial charge >= 0.3 is 0 Å². The van der Waals surface area contributed by atoms with Gasteiger partial charge < -0.3 is 9.67 Å². The fraction of sp³-hybridized carbons (Fsp3) is 0.227. The van der Waals surface area contributed by atoms with E-state index in [2.05, 4.69) is 53.4 Å². The van der Waals surface area contributed by atoms with E-state index in [9.17, 15) is 9.90 Å². The second-order valence-corrected chi connectivity index (χ2v) is 6.90. The number of aromatic hydroxyl groups is 1. The molecule has 0 spiro atoms. The van der Waals surface area contributed by atoms with Gasteiger partial charge in [-0.1, -0.05) is 54.6 Å². The third-order valence-corrected chi connectivity index (χ3v) is 4.92. The number of benzene rings is 2. The van der Waals surface area contributed by atoms with Crippen molar-refractivity contribution in [2.45, 2.75) is 26.1 Å². The van der Waals surface area contributed by atoms with Crippen molar-refractivity contribution >= 4 is 0 Å². The number of rotatable bonds is 4. The van der Waals surface area contributed by atoms with Gasteiger partial charge in [-0.3, -0.25) is 9.69 Å². The summed E-state index contributed by atoms with van der Waals surface area (Å²) in [6, 6.07) is 20.8. The molecule has 0 fully saturated rings. The summed E-state index contributed by atoms with van der Waals surface area (Å²) >= 11 is 0. The first-order chi connectivity index (χ1) is 12.7. The zero-order valence-corrected chi connectivity index (χ0v) is 14.6. The third kappa shape index (κ3) is 3.70. The van der Waals surface area contributed by atoms with Gasteiger partial charge in [0.05, 0.1) is 6.20 Å². The summed E-state index contributed by atoms with van der Waals surface area (Å²) in [5.74, 6) is -0.170. The first kappa shape index (κ1) is 16.6. The van der Waals surface area contributed by atoms with E-state index in [-0.39, 0.29) is 11.2 Å². The minimum absolute atomic E-state index is 0.170. The lowest BCUT2D eigenvalue weighted by molar-refractivity contribution is 0.210. The van der Waals surface area contributed by atoms with Crippen LogP contribution in [0.2, 0.25) is 0 Å². The highest BCUT2D eigenvalue weighted by Crippen LogP contribution is 2.17. The number of aromatic nitrogens is 1. The molecule has 132 valence electrons. The van der Waals surface area contributed by atoms with Crippen molar-refractivity contribution in [3.05, 3.63) is 99.5 Å². The van der Waals surface area contributed by atoms with Crippen LogP contribution in [0.15, 0.2) is 71.7 Å². The van der Waals surface area contributed by atoms with Crippen LogP contribution < -0.4 is 5.43 Å². The topological polar surface area (TPSA) is 45.5 Å². The van der Waals surface area contributed by atoms with E-state index in [0.29, 0.717) is 0 Å². The molecule has 4 nitrogen and oxygen atoms in total. The van der Waals surface area contributed by atoms with Crippen molar-refractivity contribution in [2.75, 3.05) is 6.54 Å². The van der Waals surface area contributed by atoms with E-state index in [4.69, 9.17) is 0 Å². The molecular weight excluding hydrogens is 324 g/mol. The molecule has 0 atom stereocenters. The van der Waals surface area contributed by atoms with Gasteiger partial charge in [-0.05, 0) is 23.1 Å². The van der Waals surface area contributed by atoms with Crippen LogP contribution in [0.4, 0.5) is 0 Å². The van der Waals surface area contributed by atoms with Gasteiger partial charge in [-0.2, -0.15) is 0 Å². The Morgan fingerprint density at radius 1 is 0.885 bits per heavy atom. The first-order valence-corrected chi connectivity index (χ1v) is 8.94. The van der Waals surface area contributed by atoms with Crippen molar-refractivity contribution in [3.63, 3.8) is 0 Å². The van der Waals surface area contributed by atoms with Crippen LogP contribution in [-0.4, -0.2) is 21.1 Å². The van der Waals surface area contributed by atoms with Crippen LogP contribution in [0, 0.1) is 0 Å².